The van der Waals surface area contributed by atoms with Crippen molar-refractivity contribution < 1.29 is 72.5 Å². The van der Waals surface area contributed by atoms with Gasteiger partial charge in [0.1, 0.15) is 60.5 Å². The molecule has 0 aliphatic carbocycles. The van der Waals surface area contributed by atoms with Gasteiger partial charge in [0.2, 0.25) is 59.1 Å². The smallest absolute Gasteiger partial charge is 0.329 e. The molecule has 0 spiro atoms. The number of ketones is 1. The molecule has 0 saturated carbocycles. The number of likely N-dealkylation sites (N-methyl/N-ethyl adjacent to an activating group) is 1. The van der Waals surface area contributed by atoms with Crippen molar-refractivity contribution >= 4 is 70.8 Å². The first-order valence-electron chi connectivity index (χ1n) is 29.2. The summed E-state index contributed by atoms with van der Waals surface area (Å²) in [6.07, 6.45) is -1.02. The van der Waals surface area contributed by atoms with Crippen LogP contribution in [0.2, 0.25) is 0 Å². The molecule has 0 radical (unpaired) electrons. The van der Waals surface area contributed by atoms with Gasteiger partial charge in [-0.15, -0.1) is 0 Å². The molecule has 1 saturated heterocycles. The molecule has 1 aliphatic heterocycles. The Morgan fingerprint density at radius 1 is 0.595 bits per heavy atom. The average Bonchev–Trinajstić information content (AvgIpc) is 3.60. The van der Waals surface area contributed by atoms with E-state index in [2.05, 4.69) is 53.2 Å². The molecule has 0 bridgehead atoms. The number of benzene rings is 1. The van der Waals surface area contributed by atoms with Crippen LogP contribution in [0, 0.1) is 35.5 Å². The van der Waals surface area contributed by atoms with Gasteiger partial charge in [0.05, 0.1) is 19.3 Å². The van der Waals surface area contributed by atoms with Crippen LogP contribution in [0.25, 0.3) is 0 Å². The zero-order valence-electron chi connectivity index (χ0n) is 51.1. The highest BCUT2D eigenvalue weighted by atomic mass is 16.5. The van der Waals surface area contributed by atoms with Crippen molar-refractivity contribution in [3.63, 3.8) is 0 Å². The molecule has 2 rings (SSSR count). The van der Waals surface area contributed by atoms with E-state index in [1.54, 1.807) is 76.3 Å². The first-order valence-corrected chi connectivity index (χ1v) is 29.2. The number of primary amides is 1. The van der Waals surface area contributed by atoms with Gasteiger partial charge in [-0.2, -0.15) is 0 Å². The number of nitrogens with two attached hydrogens (primary N) is 1. The minimum Gasteiger partial charge on any atom is -0.458 e. The third-order valence-corrected chi connectivity index (χ3v) is 15.7. The largest absolute Gasteiger partial charge is 0.458 e. The maximum absolute atomic E-state index is 14.4. The van der Waals surface area contributed by atoms with E-state index < -0.39 is 205 Å². The number of cyclic esters (lactones) is 1. The van der Waals surface area contributed by atoms with E-state index >= 15 is 0 Å². The normalized spacial score (nSPS) is 21.7. The second-order valence-corrected chi connectivity index (χ2v) is 22.5. The van der Waals surface area contributed by atoms with Crippen LogP contribution in [-0.2, 0) is 68.7 Å². The number of ether oxygens (including phenoxy) is 1. The summed E-state index contributed by atoms with van der Waals surface area (Å²) < 4.78 is 5.73. The summed E-state index contributed by atoms with van der Waals surface area (Å²) in [4.78, 5) is 165. The Morgan fingerprint density at radius 2 is 1.04 bits per heavy atom. The van der Waals surface area contributed by atoms with Gasteiger partial charge in [-0.25, -0.2) is 4.79 Å². The minimum atomic E-state index is -1.77. The zero-order chi connectivity index (χ0) is 63.7. The predicted molar refractivity (Wildman–Crippen MR) is 310 cm³/mol. The van der Waals surface area contributed by atoms with Crippen LogP contribution in [0.3, 0.4) is 0 Å². The van der Waals surface area contributed by atoms with Gasteiger partial charge >= 0.3 is 5.97 Å². The van der Waals surface area contributed by atoms with Crippen molar-refractivity contribution in [1.29, 1.82) is 0 Å². The van der Waals surface area contributed by atoms with Gasteiger partial charge in [-0.3, -0.25) is 52.7 Å². The van der Waals surface area contributed by atoms with Crippen molar-refractivity contribution in [1.82, 2.24) is 53.2 Å². The number of aliphatic hydroxyl groups excluding tert-OH is 2. The molecule has 26 heteroatoms. The molecule has 472 valence electrons. The van der Waals surface area contributed by atoms with E-state index in [4.69, 9.17) is 10.5 Å². The molecule has 0 aromatic heterocycles. The molecule has 1 aromatic carbocycles. The minimum absolute atomic E-state index is 0.273. The fourth-order valence-corrected chi connectivity index (χ4v) is 9.07. The monoisotopic (exact) mass is 1190 g/mol. The fraction of sp³-hybridized carbons (Fsp3) is 0.690. The van der Waals surface area contributed by atoms with Crippen LogP contribution in [0.1, 0.15) is 134 Å². The van der Waals surface area contributed by atoms with E-state index in [0.717, 1.165) is 5.56 Å². The van der Waals surface area contributed by atoms with E-state index in [0.29, 0.717) is 19.3 Å². The number of carbonyl (C=O) groups is 12. The number of Topliss-reactive ketones (excluding diaryl/α,β-unsaturated/α-hetero) is 1. The van der Waals surface area contributed by atoms with Gasteiger partial charge < -0.3 is 73.9 Å². The first kappa shape index (κ1) is 73.0. The highest BCUT2D eigenvalue weighted by Gasteiger charge is 2.41. The van der Waals surface area contributed by atoms with E-state index in [9.17, 15) is 67.7 Å². The summed E-state index contributed by atoms with van der Waals surface area (Å²) in [6.45, 7) is 17.8. The van der Waals surface area contributed by atoms with Crippen molar-refractivity contribution in [3.8, 4) is 0 Å². The zero-order valence-corrected chi connectivity index (χ0v) is 51.1. The summed E-state index contributed by atoms with van der Waals surface area (Å²) in [7, 11) is 1.60. The lowest BCUT2D eigenvalue weighted by molar-refractivity contribution is -0.157. The average molecular weight is 1190 g/mol. The van der Waals surface area contributed by atoms with Crippen molar-refractivity contribution in [2.75, 3.05) is 20.3 Å². The molecule has 10 amide bonds. The number of amides is 10. The van der Waals surface area contributed by atoms with Crippen LogP contribution in [0.4, 0.5) is 0 Å². The maximum atomic E-state index is 14.4. The first-order chi connectivity index (χ1) is 39.5. The molecule has 16 atom stereocenters. The lowest BCUT2D eigenvalue weighted by atomic mass is 9.94. The summed E-state index contributed by atoms with van der Waals surface area (Å²) >= 11 is 0. The van der Waals surface area contributed by atoms with Crippen LogP contribution >= 0.6 is 0 Å². The van der Waals surface area contributed by atoms with Crippen molar-refractivity contribution in [3.05, 3.63) is 35.9 Å². The topological polar surface area (TPSA) is 401 Å². The predicted octanol–water partition coefficient (Wildman–Crippen LogP) is -1.19. The summed E-state index contributed by atoms with van der Waals surface area (Å²) in [5.74, 6) is -13.8. The molecule has 1 fully saturated rings. The number of nitrogens with one attached hydrogen (secondary N) is 10. The Kier molecular flexibility index (Phi) is 31.2. The van der Waals surface area contributed by atoms with E-state index in [1.165, 1.54) is 13.8 Å². The molecule has 1 aromatic rings. The lowest BCUT2D eigenvalue weighted by Crippen LogP contribution is -2.63. The fourth-order valence-electron chi connectivity index (χ4n) is 9.07. The number of hydrogen-bond acceptors (Lipinski definition) is 16. The van der Waals surface area contributed by atoms with Crippen LogP contribution < -0.4 is 58.9 Å². The maximum Gasteiger partial charge on any atom is 0.329 e. The number of rotatable bonds is 31. The SMILES string of the molecule is CC[C@@H](C)[C@@H](NC(=O)[C@@H](CCC(N)=O)NC(=O)[C@H](CO)NC(=O)[C@@H](NC(=O)[C@@H](Cc1ccccc1)NC)[C@@H](C)CC)C(=O)N[C@H](C(=O)N[C@@H](CO)C(=O)N[C@H]1C(=O)C[C@@H](C)C(=O)N[C@@H](C(C)C)C(=O)N[C@@H]([C@@H](C)CC)C(=O)O[C@H]1C)[C@@H](C)CC. The second kappa shape index (κ2) is 35.9. The van der Waals surface area contributed by atoms with E-state index in [1.807, 2.05) is 30.3 Å². The molecule has 14 N–H and O–H groups in total. The van der Waals surface area contributed by atoms with Gasteiger partial charge in [0.25, 0.3) is 0 Å². The van der Waals surface area contributed by atoms with Crippen LogP contribution in [0.5, 0.6) is 0 Å². The highest BCUT2D eigenvalue weighted by molar-refractivity contribution is 5.99. The third kappa shape index (κ3) is 22.2. The summed E-state index contributed by atoms with van der Waals surface area (Å²) in [5, 5.41) is 47.0. The molecule has 84 heavy (non-hydrogen) atoms. The Hall–Kier alpha value is -7.06. The molecule has 26 nitrogen and oxygen atoms in total. The Labute approximate surface area is 493 Å². The third-order valence-electron chi connectivity index (χ3n) is 15.7. The Balaban J connectivity index is 2.40. The number of aliphatic hydroxyl groups is 2. The summed E-state index contributed by atoms with van der Waals surface area (Å²) in [6, 6.07) is -4.50. The van der Waals surface area contributed by atoms with Gasteiger partial charge in [0.15, 0.2) is 5.78 Å². The number of esters is 1. The van der Waals surface area contributed by atoms with Crippen molar-refractivity contribution in [2.24, 2.45) is 41.2 Å². The van der Waals surface area contributed by atoms with Gasteiger partial charge in [0, 0.05) is 18.8 Å². The van der Waals surface area contributed by atoms with Crippen LogP contribution in [0.15, 0.2) is 30.3 Å². The lowest BCUT2D eigenvalue weighted by Gasteiger charge is -2.31. The number of hydrogen-bond donors (Lipinski definition) is 13. The Morgan fingerprint density at radius 3 is 1.49 bits per heavy atom. The summed E-state index contributed by atoms with van der Waals surface area (Å²) in [5.41, 5.74) is 6.31. The molecular formula is C58H95N11O15. The molecular weight excluding hydrogens is 1090 g/mol. The van der Waals surface area contributed by atoms with Crippen molar-refractivity contribution in [2.45, 2.75) is 201 Å². The van der Waals surface area contributed by atoms with Gasteiger partial charge in [-0.1, -0.05) is 132 Å². The quantitative estimate of drug-likeness (QED) is 0.0389. The standard InChI is InChI=1S/C58H95N11O15/c1-14-30(7)44(66-51(76)38(60-13)26-36-21-19-18-20-22-36)55(80)62-39(27-70)52(77)61-37(23-24-42(59)73)50(75)65-46(32(9)16-3)57(82)67-45(31(8)15-2)56(81)63-40(28-71)53(78)69-48-35(12)84-58(83)47(33(10)17-4)68-54(79)43(29(5)6)64-49(74)34(11)25-41(48)72/h18-22,29-35,37-40,43-48,60,70-71H,14-17,23-28H2,1-13H3,(H2,59,73)(H,61,77)(H,62,80)(H,63,81)(H,64,74)(H,65,75)(H,66,76)(H,67,82)(H,68,79)(H,69,78)/t30-,31-,32+,33-,34+,35-,37+,38+,39-,40-,43-,44-,45-,46+,47-,48+/m0/s1. The highest BCUT2D eigenvalue weighted by Crippen LogP contribution is 2.19. The molecule has 1 heterocycles. The Bertz CT molecular complexity index is 2410. The van der Waals surface area contributed by atoms with E-state index in [-0.39, 0.29) is 12.8 Å². The number of carbonyl (C=O) groups excluding carboxylic acids is 12. The van der Waals surface area contributed by atoms with Crippen LogP contribution in [-0.4, -0.2) is 168 Å². The second-order valence-electron chi connectivity index (χ2n) is 22.5. The molecule has 0 unspecified atom stereocenters. The molecule has 1 aliphatic rings. The van der Waals surface area contributed by atoms with Gasteiger partial charge in [-0.05, 0) is 62.0 Å².